The number of carbonyl (C=O) groups excluding carboxylic acids is 1. The van der Waals surface area contributed by atoms with Crippen LogP contribution in [0.25, 0.3) is 0 Å². The molecule has 1 atom stereocenters. The summed E-state index contributed by atoms with van der Waals surface area (Å²) in [7, 11) is 0. The van der Waals surface area contributed by atoms with Crippen LogP contribution in [0.4, 0.5) is 5.13 Å². The number of rotatable bonds is 9. The summed E-state index contributed by atoms with van der Waals surface area (Å²) >= 11 is 1.22. The highest BCUT2D eigenvalue weighted by molar-refractivity contribution is 7.15. The number of nitrogens with two attached hydrogens (primary N) is 1. The van der Waals surface area contributed by atoms with Gasteiger partial charge in [-0.15, -0.1) is 11.3 Å². The van der Waals surface area contributed by atoms with Crippen molar-refractivity contribution in [2.75, 3.05) is 12.3 Å². The van der Waals surface area contributed by atoms with Gasteiger partial charge in [0.25, 0.3) is 0 Å². The Morgan fingerprint density at radius 3 is 2.62 bits per heavy atom. The first kappa shape index (κ1) is 17.4. The molecule has 0 unspecified atom stereocenters. The summed E-state index contributed by atoms with van der Waals surface area (Å²) in [6.45, 7) is 4.02. The molecule has 1 heterocycles. The molecule has 0 aliphatic heterocycles. The van der Waals surface area contributed by atoms with E-state index < -0.39 is 11.4 Å². The van der Waals surface area contributed by atoms with Crippen molar-refractivity contribution in [2.24, 2.45) is 0 Å². The van der Waals surface area contributed by atoms with Gasteiger partial charge in [0.2, 0.25) is 0 Å². The Morgan fingerprint density at radius 1 is 1.43 bits per heavy atom. The number of hydrogen-bond acceptors (Lipinski definition) is 6. The summed E-state index contributed by atoms with van der Waals surface area (Å²) in [5, 5.41) is 9.34. The van der Waals surface area contributed by atoms with Gasteiger partial charge in [-0.1, -0.05) is 19.8 Å². The number of hydrogen-bond donors (Lipinski definition) is 2. The van der Waals surface area contributed by atoms with E-state index in [1.165, 1.54) is 11.3 Å². The molecule has 0 saturated heterocycles. The van der Waals surface area contributed by atoms with Gasteiger partial charge in [-0.3, -0.25) is 9.59 Å². The molecule has 0 aliphatic carbocycles. The number of aliphatic carboxylic acids is 1. The minimum absolute atomic E-state index is 0.0969. The normalized spacial score (nSPS) is 13.6. The molecule has 0 saturated carbocycles. The highest BCUT2D eigenvalue weighted by Gasteiger charge is 2.43. The van der Waals surface area contributed by atoms with E-state index in [0.29, 0.717) is 16.4 Å². The predicted octanol–water partition coefficient (Wildman–Crippen LogP) is 2.58. The third kappa shape index (κ3) is 4.42. The van der Waals surface area contributed by atoms with E-state index in [1.807, 2.05) is 6.92 Å². The second kappa shape index (κ2) is 7.97. The summed E-state index contributed by atoms with van der Waals surface area (Å²) in [5.41, 5.74) is 4.71. The number of nitrogens with zero attached hydrogens (tertiary/aromatic N) is 1. The molecule has 0 spiro atoms. The Morgan fingerprint density at radius 2 is 2.14 bits per heavy atom. The Balaban J connectivity index is 3.18. The number of esters is 1. The highest BCUT2D eigenvalue weighted by atomic mass is 32.1. The van der Waals surface area contributed by atoms with Gasteiger partial charge in [-0.2, -0.15) is 0 Å². The van der Waals surface area contributed by atoms with Crippen LogP contribution >= 0.6 is 11.3 Å². The molecule has 0 fully saturated rings. The van der Waals surface area contributed by atoms with Crippen LogP contribution in [0.5, 0.6) is 0 Å². The molecule has 0 aliphatic rings. The number of carboxylic acids is 1. The molecule has 3 N–H and O–H groups in total. The molecule has 21 heavy (non-hydrogen) atoms. The summed E-state index contributed by atoms with van der Waals surface area (Å²) in [5.74, 6) is -1.32. The van der Waals surface area contributed by atoms with Gasteiger partial charge in [0.05, 0.1) is 6.61 Å². The van der Waals surface area contributed by atoms with E-state index in [2.05, 4.69) is 4.98 Å². The fourth-order valence-electron chi connectivity index (χ4n) is 2.25. The zero-order valence-electron chi connectivity index (χ0n) is 12.4. The number of nitrogen functional groups attached to an aromatic ring is 1. The highest BCUT2D eigenvalue weighted by Crippen LogP contribution is 2.40. The molecule has 118 valence electrons. The summed E-state index contributed by atoms with van der Waals surface area (Å²) < 4.78 is 5.21. The van der Waals surface area contributed by atoms with Gasteiger partial charge in [0, 0.05) is 17.5 Å². The van der Waals surface area contributed by atoms with Gasteiger partial charge in [0.15, 0.2) is 5.13 Å². The first-order chi connectivity index (χ1) is 9.96. The van der Waals surface area contributed by atoms with Crippen molar-refractivity contribution in [3.8, 4) is 0 Å². The number of anilines is 1. The Hall–Kier alpha value is -1.63. The van der Waals surface area contributed by atoms with Crippen molar-refractivity contribution in [3.05, 3.63) is 11.1 Å². The Bertz CT molecular complexity index is 489. The smallest absolute Gasteiger partial charge is 0.317 e. The van der Waals surface area contributed by atoms with Crippen molar-refractivity contribution in [2.45, 2.75) is 51.4 Å². The average molecular weight is 314 g/mol. The zero-order chi connectivity index (χ0) is 15.9. The van der Waals surface area contributed by atoms with Gasteiger partial charge in [-0.05, 0) is 19.8 Å². The fourth-order valence-corrected chi connectivity index (χ4v) is 3.17. The molecule has 0 amide bonds. The lowest BCUT2D eigenvalue weighted by molar-refractivity contribution is -0.151. The second-order valence-electron chi connectivity index (χ2n) is 4.86. The molecule has 0 radical (unpaired) electrons. The quantitative estimate of drug-likeness (QED) is 0.679. The predicted molar refractivity (Wildman–Crippen MR) is 81.2 cm³/mol. The Labute approximate surface area is 128 Å². The average Bonchev–Trinajstić information content (AvgIpc) is 2.86. The van der Waals surface area contributed by atoms with E-state index in [1.54, 1.807) is 13.1 Å². The third-order valence-corrected chi connectivity index (χ3v) is 4.41. The lowest BCUT2D eigenvalue weighted by Gasteiger charge is -2.29. The van der Waals surface area contributed by atoms with Gasteiger partial charge >= 0.3 is 11.9 Å². The number of carbonyl (C=O) groups is 2. The molecule has 0 aromatic carbocycles. The zero-order valence-corrected chi connectivity index (χ0v) is 13.2. The minimum Gasteiger partial charge on any atom is -0.481 e. The molecule has 1 aromatic rings. The third-order valence-electron chi connectivity index (χ3n) is 3.38. The van der Waals surface area contributed by atoms with Crippen LogP contribution in [0, 0.1) is 0 Å². The summed E-state index contributed by atoms with van der Waals surface area (Å²) in [6.07, 6.45) is 3.91. The molecule has 0 bridgehead atoms. The Kier molecular flexibility index (Phi) is 6.61. The van der Waals surface area contributed by atoms with Crippen molar-refractivity contribution < 1.29 is 19.4 Å². The monoisotopic (exact) mass is 314 g/mol. The maximum absolute atomic E-state index is 12.5. The maximum Gasteiger partial charge on any atom is 0.317 e. The van der Waals surface area contributed by atoms with Crippen molar-refractivity contribution in [1.29, 1.82) is 0 Å². The van der Waals surface area contributed by atoms with Crippen molar-refractivity contribution in [1.82, 2.24) is 4.98 Å². The van der Waals surface area contributed by atoms with E-state index in [4.69, 9.17) is 15.6 Å². The van der Waals surface area contributed by atoms with Crippen LogP contribution in [0.3, 0.4) is 0 Å². The lowest BCUT2D eigenvalue weighted by atomic mass is 9.77. The van der Waals surface area contributed by atoms with Gasteiger partial charge < -0.3 is 15.6 Å². The molecule has 1 rings (SSSR count). The molecule has 1 aromatic heterocycles. The largest absolute Gasteiger partial charge is 0.481 e. The SMILES string of the molecule is CCCC[C@@](CCC(=O)O)(C(=O)OCC)c1cnc(N)s1. The van der Waals surface area contributed by atoms with Gasteiger partial charge in [-0.25, -0.2) is 4.98 Å². The summed E-state index contributed by atoms with van der Waals surface area (Å²) in [6, 6.07) is 0. The minimum atomic E-state index is -0.959. The standard InChI is InChI=1S/C14H22N2O4S/c1-3-5-7-14(8-6-11(17)18,12(19)20-4-2)10-9-16-13(15)21-10/h9H,3-8H2,1-2H3,(H2,15,16)(H,17,18)/t14-/m0/s1. The first-order valence-corrected chi connectivity index (χ1v) is 7.88. The van der Waals surface area contributed by atoms with Crippen LogP contribution in [0.15, 0.2) is 6.20 Å². The number of aromatic nitrogens is 1. The van der Waals surface area contributed by atoms with E-state index in [0.717, 1.165) is 12.8 Å². The number of carboxylic acid groups (broad SMARTS) is 1. The van der Waals surface area contributed by atoms with Crippen LogP contribution in [0.2, 0.25) is 0 Å². The number of thiazole rings is 1. The lowest BCUT2D eigenvalue weighted by Crippen LogP contribution is -2.37. The summed E-state index contributed by atoms with van der Waals surface area (Å²) in [4.78, 5) is 28.2. The molecular weight excluding hydrogens is 292 g/mol. The molecule has 7 heteroatoms. The van der Waals surface area contributed by atoms with Crippen molar-refractivity contribution >= 4 is 28.4 Å². The molecular formula is C14H22N2O4S. The number of unbranched alkanes of at least 4 members (excludes halogenated alkanes) is 1. The van der Waals surface area contributed by atoms with Crippen LogP contribution in [-0.4, -0.2) is 28.6 Å². The topological polar surface area (TPSA) is 103 Å². The van der Waals surface area contributed by atoms with Crippen molar-refractivity contribution in [3.63, 3.8) is 0 Å². The van der Waals surface area contributed by atoms with E-state index in [9.17, 15) is 9.59 Å². The van der Waals surface area contributed by atoms with Crippen LogP contribution < -0.4 is 5.73 Å². The number of ether oxygens (including phenoxy) is 1. The van der Waals surface area contributed by atoms with Crippen LogP contribution in [0.1, 0.15) is 50.8 Å². The van der Waals surface area contributed by atoms with Gasteiger partial charge in [0.1, 0.15) is 5.41 Å². The molecule has 6 nitrogen and oxygen atoms in total. The first-order valence-electron chi connectivity index (χ1n) is 7.07. The fraction of sp³-hybridized carbons (Fsp3) is 0.643. The van der Waals surface area contributed by atoms with E-state index >= 15 is 0 Å². The second-order valence-corrected chi connectivity index (χ2v) is 5.92. The van der Waals surface area contributed by atoms with E-state index in [-0.39, 0.29) is 25.4 Å². The maximum atomic E-state index is 12.5. The van der Waals surface area contributed by atoms with Crippen LogP contribution in [-0.2, 0) is 19.7 Å².